The standard InChI is InChI=1S/C13H19N3O3/c17-12(18)10-11(15-16-14-10)19-9-3-7-13(8-4-9)5-1-2-6-13/h9H,1-8H2,(H,17,18)(H,14,15,16). The van der Waals surface area contributed by atoms with Crippen molar-refractivity contribution in [1.82, 2.24) is 15.4 Å². The molecular weight excluding hydrogens is 246 g/mol. The van der Waals surface area contributed by atoms with Crippen molar-refractivity contribution in [2.75, 3.05) is 0 Å². The summed E-state index contributed by atoms with van der Waals surface area (Å²) >= 11 is 0. The fourth-order valence-corrected chi connectivity index (χ4v) is 3.54. The normalized spacial score (nSPS) is 22.7. The van der Waals surface area contributed by atoms with Gasteiger partial charge in [0.2, 0.25) is 5.69 Å². The molecule has 1 spiro atoms. The number of aromatic carboxylic acids is 1. The Labute approximate surface area is 111 Å². The molecule has 6 heteroatoms. The number of nitrogens with zero attached hydrogens (tertiary/aromatic N) is 2. The van der Waals surface area contributed by atoms with Crippen molar-refractivity contribution in [2.45, 2.75) is 57.5 Å². The number of hydrogen-bond acceptors (Lipinski definition) is 4. The van der Waals surface area contributed by atoms with Gasteiger partial charge < -0.3 is 9.84 Å². The van der Waals surface area contributed by atoms with Crippen LogP contribution >= 0.6 is 0 Å². The summed E-state index contributed by atoms with van der Waals surface area (Å²) in [5.41, 5.74) is 0.500. The molecule has 19 heavy (non-hydrogen) atoms. The molecule has 1 aromatic rings. The van der Waals surface area contributed by atoms with Crippen LogP contribution in [0.3, 0.4) is 0 Å². The van der Waals surface area contributed by atoms with Gasteiger partial charge >= 0.3 is 5.97 Å². The molecular formula is C13H19N3O3. The molecule has 0 saturated heterocycles. The monoisotopic (exact) mass is 265 g/mol. The molecule has 3 rings (SSSR count). The van der Waals surface area contributed by atoms with Gasteiger partial charge in [-0.05, 0) is 43.9 Å². The maximum absolute atomic E-state index is 10.9. The average Bonchev–Trinajstić information content (AvgIpc) is 3.02. The minimum absolute atomic E-state index is 0.0545. The Bertz CT molecular complexity index is 455. The van der Waals surface area contributed by atoms with E-state index >= 15 is 0 Å². The van der Waals surface area contributed by atoms with Crippen molar-refractivity contribution in [2.24, 2.45) is 5.41 Å². The second kappa shape index (κ2) is 4.83. The predicted octanol–water partition coefficient (Wildman–Crippen LogP) is 2.38. The summed E-state index contributed by atoms with van der Waals surface area (Å²) in [6.45, 7) is 0. The molecule has 2 fully saturated rings. The maximum Gasteiger partial charge on any atom is 0.359 e. The number of carboxylic acids is 1. The lowest BCUT2D eigenvalue weighted by atomic mass is 9.72. The van der Waals surface area contributed by atoms with E-state index in [0.717, 1.165) is 12.8 Å². The highest BCUT2D eigenvalue weighted by Gasteiger charge is 2.38. The van der Waals surface area contributed by atoms with E-state index in [4.69, 9.17) is 9.84 Å². The Morgan fingerprint density at radius 1 is 1.26 bits per heavy atom. The van der Waals surface area contributed by atoms with E-state index < -0.39 is 5.97 Å². The molecule has 0 unspecified atom stereocenters. The molecule has 2 aliphatic rings. The molecule has 2 saturated carbocycles. The Morgan fingerprint density at radius 2 is 1.95 bits per heavy atom. The van der Waals surface area contributed by atoms with E-state index in [1.807, 2.05) is 0 Å². The number of ether oxygens (including phenoxy) is 1. The number of H-pyrrole nitrogens is 1. The van der Waals surface area contributed by atoms with Crippen molar-refractivity contribution in [3.8, 4) is 5.88 Å². The summed E-state index contributed by atoms with van der Waals surface area (Å²) in [5, 5.41) is 18.5. The largest absolute Gasteiger partial charge is 0.476 e. The lowest BCUT2D eigenvalue weighted by Gasteiger charge is -2.36. The van der Waals surface area contributed by atoms with Gasteiger partial charge in [0, 0.05) is 0 Å². The fraction of sp³-hybridized carbons (Fsp3) is 0.769. The van der Waals surface area contributed by atoms with Crippen molar-refractivity contribution >= 4 is 5.97 Å². The van der Waals surface area contributed by atoms with E-state index in [0.29, 0.717) is 5.41 Å². The highest BCUT2D eigenvalue weighted by Crippen LogP contribution is 2.49. The number of carboxylic acid groups (broad SMARTS) is 1. The van der Waals surface area contributed by atoms with Crippen LogP contribution in [0.1, 0.15) is 61.9 Å². The average molecular weight is 265 g/mol. The number of aromatic nitrogens is 3. The van der Waals surface area contributed by atoms with E-state index in [1.165, 1.54) is 38.5 Å². The van der Waals surface area contributed by atoms with Crippen LogP contribution in [-0.2, 0) is 0 Å². The molecule has 0 amide bonds. The van der Waals surface area contributed by atoms with E-state index in [1.54, 1.807) is 0 Å². The van der Waals surface area contributed by atoms with Gasteiger partial charge in [-0.15, -0.1) is 0 Å². The Kier molecular flexibility index (Phi) is 3.16. The second-order valence-electron chi connectivity index (χ2n) is 5.82. The van der Waals surface area contributed by atoms with Crippen LogP contribution in [0.4, 0.5) is 0 Å². The van der Waals surface area contributed by atoms with Crippen molar-refractivity contribution < 1.29 is 14.6 Å². The minimum Gasteiger partial charge on any atom is -0.476 e. The van der Waals surface area contributed by atoms with Crippen LogP contribution in [0.2, 0.25) is 0 Å². The summed E-state index contributed by atoms with van der Waals surface area (Å²) in [6, 6.07) is 0. The highest BCUT2D eigenvalue weighted by molar-refractivity contribution is 5.87. The summed E-state index contributed by atoms with van der Waals surface area (Å²) < 4.78 is 5.70. The zero-order valence-electron chi connectivity index (χ0n) is 10.9. The molecule has 0 aliphatic heterocycles. The second-order valence-corrected chi connectivity index (χ2v) is 5.82. The Hall–Kier alpha value is -1.59. The molecule has 2 aliphatic carbocycles. The first-order chi connectivity index (χ1) is 9.19. The summed E-state index contributed by atoms with van der Waals surface area (Å²) in [5.74, 6) is -0.956. The topological polar surface area (TPSA) is 88.1 Å². The summed E-state index contributed by atoms with van der Waals surface area (Å²) in [6.07, 6.45) is 9.87. The van der Waals surface area contributed by atoms with Gasteiger partial charge in [0.1, 0.15) is 6.10 Å². The molecule has 2 N–H and O–H groups in total. The van der Waals surface area contributed by atoms with Gasteiger partial charge in [-0.2, -0.15) is 0 Å². The maximum atomic E-state index is 10.9. The third-order valence-corrected chi connectivity index (χ3v) is 4.67. The quantitative estimate of drug-likeness (QED) is 0.876. The smallest absolute Gasteiger partial charge is 0.359 e. The van der Waals surface area contributed by atoms with Gasteiger partial charge in [0.05, 0.1) is 0 Å². The third-order valence-electron chi connectivity index (χ3n) is 4.67. The van der Waals surface area contributed by atoms with Crippen LogP contribution in [0.15, 0.2) is 0 Å². The summed E-state index contributed by atoms with van der Waals surface area (Å²) in [7, 11) is 0. The van der Waals surface area contributed by atoms with Gasteiger partial charge in [0.25, 0.3) is 5.88 Å². The molecule has 0 aromatic carbocycles. The van der Waals surface area contributed by atoms with E-state index in [-0.39, 0.29) is 17.7 Å². The number of nitrogens with one attached hydrogen (secondary N) is 1. The number of hydrogen-bond donors (Lipinski definition) is 2. The number of aromatic amines is 1. The van der Waals surface area contributed by atoms with Gasteiger partial charge in [-0.25, -0.2) is 9.89 Å². The molecule has 104 valence electrons. The highest BCUT2D eigenvalue weighted by atomic mass is 16.5. The van der Waals surface area contributed by atoms with Crippen LogP contribution in [0, 0.1) is 5.41 Å². The Morgan fingerprint density at radius 3 is 2.58 bits per heavy atom. The number of carbonyl (C=O) groups is 1. The van der Waals surface area contributed by atoms with Crippen LogP contribution in [0.5, 0.6) is 5.88 Å². The molecule has 1 aromatic heterocycles. The SMILES string of the molecule is O=C(O)c1[nH]nnc1OC1CCC2(CCCC2)CC1. The van der Waals surface area contributed by atoms with Gasteiger partial charge in [-0.3, -0.25) is 0 Å². The third kappa shape index (κ3) is 2.43. The fourth-order valence-electron chi connectivity index (χ4n) is 3.54. The Balaban J connectivity index is 1.60. The molecule has 6 nitrogen and oxygen atoms in total. The molecule has 0 bridgehead atoms. The summed E-state index contributed by atoms with van der Waals surface area (Å²) in [4.78, 5) is 10.9. The predicted molar refractivity (Wildman–Crippen MR) is 67.1 cm³/mol. The number of rotatable bonds is 3. The van der Waals surface area contributed by atoms with Crippen LogP contribution < -0.4 is 4.74 Å². The lowest BCUT2D eigenvalue weighted by Crippen LogP contribution is -2.30. The first-order valence-electron chi connectivity index (χ1n) is 7.00. The first-order valence-corrected chi connectivity index (χ1v) is 7.00. The minimum atomic E-state index is -1.08. The van der Waals surface area contributed by atoms with Crippen LogP contribution in [0.25, 0.3) is 0 Å². The van der Waals surface area contributed by atoms with Crippen molar-refractivity contribution in [3.63, 3.8) is 0 Å². The van der Waals surface area contributed by atoms with Crippen molar-refractivity contribution in [3.05, 3.63) is 5.69 Å². The van der Waals surface area contributed by atoms with E-state index in [2.05, 4.69) is 15.4 Å². The molecule has 0 atom stereocenters. The van der Waals surface area contributed by atoms with Crippen molar-refractivity contribution in [1.29, 1.82) is 0 Å². The van der Waals surface area contributed by atoms with Gasteiger partial charge in [-0.1, -0.05) is 23.2 Å². The van der Waals surface area contributed by atoms with Gasteiger partial charge in [0.15, 0.2) is 0 Å². The molecule has 0 radical (unpaired) electrons. The zero-order valence-corrected chi connectivity index (χ0v) is 10.9. The first kappa shape index (κ1) is 12.4. The molecule has 1 heterocycles. The van der Waals surface area contributed by atoms with E-state index in [9.17, 15) is 4.79 Å². The zero-order chi connectivity index (χ0) is 13.3. The van der Waals surface area contributed by atoms with Crippen LogP contribution in [-0.4, -0.2) is 32.6 Å². The lowest BCUT2D eigenvalue weighted by molar-refractivity contribution is 0.0647.